The summed E-state index contributed by atoms with van der Waals surface area (Å²) in [6.45, 7) is 0. The van der Waals surface area contributed by atoms with Gasteiger partial charge in [0.2, 0.25) is 0 Å². The summed E-state index contributed by atoms with van der Waals surface area (Å²) in [6.07, 6.45) is 0.574. The Kier molecular flexibility index (Phi) is 3.20. The molecule has 0 radical (unpaired) electrons. The minimum absolute atomic E-state index is 0.116. The minimum atomic E-state index is -0.686. The molecule has 0 saturated heterocycles. The van der Waals surface area contributed by atoms with E-state index in [1.54, 1.807) is 0 Å². The van der Waals surface area contributed by atoms with Gasteiger partial charge in [-0.25, -0.2) is 13.8 Å². The van der Waals surface area contributed by atoms with Gasteiger partial charge in [0.15, 0.2) is 5.82 Å². The van der Waals surface area contributed by atoms with Gasteiger partial charge in [-0.05, 0) is 18.1 Å². The van der Waals surface area contributed by atoms with Gasteiger partial charge in [0, 0.05) is 6.07 Å². The van der Waals surface area contributed by atoms with Gasteiger partial charge in [-0.1, -0.05) is 30.3 Å². The Morgan fingerprint density at radius 1 is 1.15 bits per heavy atom. The first kappa shape index (κ1) is 12.7. The highest BCUT2D eigenvalue weighted by Gasteiger charge is 2.15. The maximum absolute atomic E-state index is 13.6. The Morgan fingerprint density at radius 2 is 1.90 bits per heavy atom. The molecular weight excluding hydrogens is 260 g/mol. The topological polar surface area (TPSA) is 54.7 Å². The van der Waals surface area contributed by atoms with E-state index in [0.717, 1.165) is 11.6 Å². The molecule has 1 aromatic heterocycles. The fraction of sp³-hybridized carbons (Fsp3) is 0.133. The molecule has 0 spiro atoms. The summed E-state index contributed by atoms with van der Waals surface area (Å²) in [7, 11) is 0. The van der Waals surface area contributed by atoms with Crippen molar-refractivity contribution in [1.29, 1.82) is 0 Å². The third kappa shape index (κ3) is 2.40. The number of imidazole rings is 1. The van der Waals surface area contributed by atoms with Crippen LogP contribution in [0.4, 0.5) is 8.78 Å². The second kappa shape index (κ2) is 5.02. The van der Waals surface area contributed by atoms with Crippen molar-refractivity contribution < 1.29 is 8.78 Å². The molecule has 3 aromatic rings. The van der Waals surface area contributed by atoms with Crippen molar-refractivity contribution in [2.75, 3.05) is 0 Å². The zero-order chi connectivity index (χ0) is 14.1. The zero-order valence-electron chi connectivity index (χ0n) is 10.6. The fourth-order valence-corrected chi connectivity index (χ4v) is 2.20. The van der Waals surface area contributed by atoms with Gasteiger partial charge in [0.25, 0.3) is 0 Å². The van der Waals surface area contributed by atoms with E-state index in [2.05, 4.69) is 9.97 Å². The van der Waals surface area contributed by atoms with Crippen LogP contribution in [0.2, 0.25) is 0 Å². The van der Waals surface area contributed by atoms with Crippen LogP contribution in [0.1, 0.15) is 17.4 Å². The molecule has 102 valence electrons. The number of hydrogen-bond donors (Lipinski definition) is 2. The number of nitrogens with two attached hydrogens (primary N) is 1. The molecule has 3 nitrogen and oxygen atoms in total. The van der Waals surface area contributed by atoms with Gasteiger partial charge in [0.1, 0.15) is 17.2 Å². The van der Waals surface area contributed by atoms with E-state index >= 15 is 0 Å². The lowest BCUT2D eigenvalue weighted by Gasteiger charge is -2.08. The summed E-state index contributed by atoms with van der Waals surface area (Å²) in [5, 5.41) is 0. The maximum atomic E-state index is 13.6. The van der Waals surface area contributed by atoms with E-state index in [4.69, 9.17) is 5.73 Å². The third-order valence-electron chi connectivity index (χ3n) is 3.17. The summed E-state index contributed by atoms with van der Waals surface area (Å²) in [6, 6.07) is 11.3. The molecule has 1 unspecified atom stereocenters. The first-order valence-electron chi connectivity index (χ1n) is 6.27. The lowest BCUT2D eigenvalue weighted by atomic mass is 10.1. The van der Waals surface area contributed by atoms with Crippen LogP contribution >= 0.6 is 0 Å². The highest BCUT2D eigenvalue weighted by atomic mass is 19.1. The van der Waals surface area contributed by atoms with Crippen LogP contribution in [0.25, 0.3) is 11.0 Å². The lowest BCUT2D eigenvalue weighted by molar-refractivity contribution is 0.590. The van der Waals surface area contributed by atoms with Gasteiger partial charge in [-0.2, -0.15) is 0 Å². The summed E-state index contributed by atoms with van der Waals surface area (Å²) in [5.74, 6) is -0.871. The quantitative estimate of drug-likeness (QED) is 0.770. The molecule has 5 heteroatoms. The van der Waals surface area contributed by atoms with Crippen LogP contribution in [0.15, 0.2) is 42.5 Å². The molecule has 20 heavy (non-hydrogen) atoms. The molecule has 0 aliphatic heterocycles. The smallest absolute Gasteiger partial charge is 0.153 e. The number of fused-ring (bicyclic) bond motifs is 1. The van der Waals surface area contributed by atoms with Crippen LogP contribution in [0.3, 0.4) is 0 Å². The Bertz CT molecular complexity index is 737. The highest BCUT2D eigenvalue weighted by molar-refractivity contribution is 5.75. The van der Waals surface area contributed by atoms with Crippen molar-refractivity contribution >= 4 is 11.0 Å². The van der Waals surface area contributed by atoms with Crippen molar-refractivity contribution in [1.82, 2.24) is 9.97 Å². The highest BCUT2D eigenvalue weighted by Crippen LogP contribution is 2.21. The molecule has 0 bridgehead atoms. The number of nitrogens with one attached hydrogen (secondary N) is 1. The SMILES string of the molecule is NC(Cc1ccccc1)c1nc2c(F)cc(F)cc2[nH]1. The van der Waals surface area contributed by atoms with Crippen LogP contribution in [0.5, 0.6) is 0 Å². The number of aromatic amines is 1. The Labute approximate surface area is 114 Å². The van der Waals surface area contributed by atoms with E-state index < -0.39 is 17.7 Å². The number of H-pyrrole nitrogens is 1. The van der Waals surface area contributed by atoms with E-state index in [-0.39, 0.29) is 5.52 Å². The zero-order valence-corrected chi connectivity index (χ0v) is 10.6. The third-order valence-corrected chi connectivity index (χ3v) is 3.17. The van der Waals surface area contributed by atoms with Crippen LogP contribution < -0.4 is 5.73 Å². The normalized spacial score (nSPS) is 12.8. The fourth-order valence-electron chi connectivity index (χ4n) is 2.20. The molecule has 0 saturated carbocycles. The summed E-state index contributed by atoms with van der Waals surface area (Å²) < 4.78 is 26.7. The molecule has 1 atom stereocenters. The number of benzene rings is 2. The number of rotatable bonds is 3. The number of hydrogen-bond acceptors (Lipinski definition) is 2. The van der Waals surface area contributed by atoms with Crippen molar-refractivity contribution in [2.24, 2.45) is 5.73 Å². The van der Waals surface area contributed by atoms with Crippen LogP contribution in [0, 0.1) is 11.6 Å². The minimum Gasteiger partial charge on any atom is -0.340 e. The van der Waals surface area contributed by atoms with Crippen LogP contribution in [-0.4, -0.2) is 9.97 Å². The molecular formula is C15H13F2N3. The maximum Gasteiger partial charge on any atom is 0.153 e. The van der Waals surface area contributed by atoms with Crippen molar-refractivity contribution in [3.63, 3.8) is 0 Å². The Balaban J connectivity index is 1.92. The number of nitrogens with zero attached hydrogens (tertiary/aromatic N) is 1. The van der Waals surface area contributed by atoms with Crippen molar-refractivity contribution in [3.05, 3.63) is 65.5 Å². The first-order valence-corrected chi connectivity index (χ1v) is 6.27. The molecule has 0 aliphatic rings. The van der Waals surface area contributed by atoms with Gasteiger partial charge < -0.3 is 10.7 Å². The predicted octanol–water partition coefficient (Wildman–Crippen LogP) is 3.08. The number of halogens is 2. The number of aromatic nitrogens is 2. The van der Waals surface area contributed by atoms with Gasteiger partial charge in [-0.3, -0.25) is 0 Å². The molecule has 0 fully saturated rings. The lowest BCUT2D eigenvalue weighted by Crippen LogP contribution is -2.14. The van der Waals surface area contributed by atoms with E-state index in [1.165, 1.54) is 6.07 Å². The second-order valence-electron chi connectivity index (χ2n) is 4.70. The molecule has 3 rings (SSSR count). The Morgan fingerprint density at radius 3 is 2.65 bits per heavy atom. The van der Waals surface area contributed by atoms with Crippen molar-refractivity contribution in [2.45, 2.75) is 12.5 Å². The summed E-state index contributed by atoms with van der Waals surface area (Å²) >= 11 is 0. The molecule has 3 N–H and O–H groups in total. The average molecular weight is 273 g/mol. The van der Waals surface area contributed by atoms with Gasteiger partial charge >= 0.3 is 0 Å². The largest absolute Gasteiger partial charge is 0.340 e. The van der Waals surface area contributed by atoms with E-state index in [9.17, 15) is 8.78 Å². The first-order chi connectivity index (χ1) is 9.63. The monoisotopic (exact) mass is 273 g/mol. The van der Waals surface area contributed by atoms with Gasteiger partial charge in [-0.15, -0.1) is 0 Å². The molecule has 0 amide bonds. The van der Waals surface area contributed by atoms with Crippen molar-refractivity contribution in [3.8, 4) is 0 Å². The standard InChI is InChI=1S/C15H13F2N3/c16-10-7-11(17)14-13(8-10)19-15(20-14)12(18)6-9-4-2-1-3-5-9/h1-5,7-8,12H,6,18H2,(H,19,20). The molecule has 1 heterocycles. The molecule has 2 aromatic carbocycles. The average Bonchev–Trinajstić information content (AvgIpc) is 2.84. The summed E-state index contributed by atoms with van der Waals surface area (Å²) in [4.78, 5) is 7.01. The van der Waals surface area contributed by atoms with Gasteiger partial charge in [0.05, 0.1) is 11.6 Å². The Hall–Kier alpha value is -2.27. The molecule has 0 aliphatic carbocycles. The predicted molar refractivity (Wildman–Crippen MR) is 73.1 cm³/mol. The van der Waals surface area contributed by atoms with Crippen LogP contribution in [-0.2, 0) is 6.42 Å². The van der Waals surface area contributed by atoms with E-state index in [0.29, 0.717) is 17.8 Å². The van der Waals surface area contributed by atoms with E-state index in [1.807, 2.05) is 30.3 Å². The summed E-state index contributed by atoms with van der Waals surface area (Å²) in [5.41, 5.74) is 7.57. The second-order valence-corrected chi connectivity index (χ2v) is 4.70.